The van der Waals surface area contributed by atoms with Crippen molar-refractivity contribution < 1.29 is 14.3 Å². The number of ether oxygens (including phenoxy) is 2. The molecular weight excluding hydrogens is 348 g/mol. The number of aryl methyl sites for hydroxylation is 1. The molecule has 0 N–H and O–H groups in total. The molecule has 0 saturated carbocycles. The number of esters is 1. The van der Waals surface area contributed by atoms with Crippen LogP contribution >= 0.6 is 0 Å². The highest BCUT2D eigenvalue weighted by Crippen LogP contribution is 2.38. The molecule has 3 rings (SSSR count). The maximum atomic E-state index is 11.4. The van der Waals surface area contributed by atoms with Gasteiger partial charge in [0.05, 0.1) is 13.2 Å². The molecule has 3 nitrogen and oxygen atoms in total. The number of fused-ring (bicyclic) bond motifs is 1. The molecule has 0 saturated heterocycles. The third-order valence-electron chi connectivity index (χ3n) is 5.15. The van der Waals surface area contributed by atoms with E-state index >= 15 is 0 Å². The lowest BCUT2D eigenvalue weighted by atomic mass is 9.79. The zero-order chi connectivity index (χ0) is 20.0. The van der Waals surface area contributed by atoms with Crippen LogP contribution in [0.25, 0.3) is 0 Å². The summed E-state index contributed by atoms with van der Waals surface area (Å²) in [4.78, 5) is 11.4. The number of carbonyl (C=O) groups excluding carboxylic acids is 1. The van der Waals surface area contributed by atoms with Crippen LogP contribution in [-0.2, 0) is 21.4 Å². The topological polar surface area (TPSA) is 35.5 Å². The number of benzene rings is 2. The van der Waals surface area contributed by atoms with Gasteiger partial charge in [0.25, 0.3) is 0 Å². The summed E-state index contributed by atoms with van der Waals surface area (Å²) >= 11 is 0. The second-order valence-electron chi connectivity index (χ2n) is 7.80. The molecule has 0 bridgehead atoms. The molecule has 146 valence electrons. The maximum Gasteiger partial charge on any atom is 0.305 e. The molecule has 1 aliphatic rings. The normalized spacial score (nSPS) is 14.2. The van der Waals surface area contributed by atoms with Gasteiger partial charge in [-0.1, -0.05) is 37.8 Å². The average molecular weight is 376 g/mol. The number of rotatable bonds is 5. The van der Waals surface area contributed by atoms with Crippen LogP contribution in [0.5, 0.6) is 5.75 Å². The van der Waals surface area contributed by atoms with Crippen molar-refractivity contribution in [2.24, 2.45) is 0 Å². The highest BCUT2D eigenvalue weighted by Gasteiger charge is 2.28. The van der Waals surface area contributed by atoms with Gasteiger partial charge in [0.1, 0.15) is 5.75 Å². The van der Waals surface area contributed by atoms with Gasteiger partial charge in [0.15, 0.2) is 0 Å². The monoisotopic (exact) mass is 376 g/mol. The van der Waals surface area contributed by atoms with Crippen LogP contribution in [0.4, 0.5) is 0 Å². The predicted molar refractivity (Wildman–Crippen MR) is 112 cm³/mol. The third-order valence-corrected chi connectivity index (χ3v) is 5.15. The molecule has 0 spiro atoms. The van der Waals surface area contributed by atoms with E-state index in [1.165, 1.54) is 11.1 Å². The van der Waals surface area contributed by atoms with Gasteiger partial charge in [0, 0.05) is 23.1 Å². The fraction of sp³-hybridized carbons (Fsp3) is 0.400. The van der Waals surface area contributed by atoms with Crippen LogP contribution in [0.15, 0.2) is 42.5 Å². The van der Waals surface area contributed by atoms with Gasteiger partial charge in [-0.3, -0.25) is 4.79 Å². The minimum atomic E-state index is -0.122. The van der Waals surface area contributed by atoms with E-state index in [4.69, 9.17) is 9.47 Å². The summed E-state index contributed by atoms with van der Waals surface area (Å²) in [5.74, 6) is 7.38. The fourth-order valence-corrected chi connectivity index (χ4v) is 3.38. The van der Waals surface area contributed by atoms with Gasteiger partial charge in [-0.2, -0.15) is 0 Å². The van der Waals surface area contributed by atoms with E-state index in [2.05, 4.69) is 43.9 Å². The zero-order valence-corrected chi connectivity index (χ0v) is 17.0. The lowest BCUT2D eigenvalue weighted by molar-refractivity contribution is -0.143. The van der Waals surface area contributed by atoms with E-state index in [0.717, 1.165) is 42.7 Å². The minimum Gasteiger partial charge on any atom is -0.493 e. The van der Waals surface area contributed by atoms with Crippen LogP contribution in [0.1, 0.15) is 62.3 Å². The Labute approximate surface area is 168 Å². The molecule has 0 amide bonds. The van der Waals surface area contributed by atoms with Crippen LogP contribution in [0.3, 0.4) is 0 Å². The minimum absolute atomic E-state index is 0.122. The first-order valence-corrected chi connectivity index (χ1v) is 10.0. The van der Waals surface area contributed by atoms with Crippen molar-refractivity contribution in [3.8, 4) is 17.6 Å². The highest BCUT2D eigenvalue weighted by atomic mass is 16.5. The van der Waals surface area contributed by atoms with Crippen molar-refractivity contribution >= 4 is 5.97 Å². The van der Waals surface area contributed by atoms with E-state index in [-0.39, 0.29) is 11.4 Å². The molecule has 0 atom stereocenters. The van der Waals surface area contributed by atoms with Crippen LogP contribution < -0.4 is 4.74 Å². The predicted octanol–water partition coefficient (Wildman–Crippen LogP) is 5.03. The summed E-state index contributed by atoms with van der Waals surface area (Å²) in [7, 11) is 0. The van der Waals surface area contributed by atoms with Crippen LogP contribution in [0, 0.1) is 11.8 Å². The Morgan fingerprint density at radius 1 is 1.11 bits per heavy atom. The van der Waals surface area contributed by atoms with Crippen molar-refractivity contribution in [3.05, 3.63) is 64.7 Å². The molecule has 1 aliphatic heterocycles. The quantitative estimate of drug-likeness (QED) is 0.542. The average Bonchev–Trinajstić information content (AvgIpc) is 2.68. The summed E-state index contributed by atoms with van der Waals surface area (Å²) in [6.07, 6.45) is 3.16. The van der Waals surface area contributed by atoms with Gasteiger partial charge in [-0.25, -0.2) is 0 Å². The van der Waals surface area contributed by atoms with Gasteiger partial charge in [-0.05, 0) is 67.5 Å². The van der Waals surface area contributed by atoms with Crippen LogP contribution in [0.2, 0.25) is 0 Å². The van der Waals surface area contributed by atoms with Crippen LogP contribution in [-0.4, -0.2) is 19.2 Å². The summed E-state index contributed by atoms with van der Waals surface area (Å²) in [6, 6.07) is 14.5. The first-order valence-electron chi connectivity index (χ1n) is 10.0. The first-order chi connectivity index (χ1) is 13.5. The molecule has 0 aromatic heterocycles. The molecule has 0 radical (unpaired) electrons. The van der Waals surface area contributed by atoms with Gasteiger partial charge < -0.3 is 9.47 Å². The van der Waals surface area contributed by atoms with Crippen molar-refractivity contribution in [2.45, 2.75) is 51.9 Å². The largest absolute Gasteiger partial charge is 0.493 e. The second-order valence-corrected chi connectivity index (χ2v) is 7.80. The lowest BCUT2D eigenvalue weighted by Crippen LogP contribution is -2.26. The second kappa shape index (κ2) is 8.97. The molecule has 3 heteroatoms. The van der Waals surface area contributed by atoms with Crippen molar-refractivity contribution in [3.63, 3.8) is 0 Å². The smallest absolute Gasteiger partial charge is 0.305 e. The van der Waals surface area contributed by atoms with Gasteiger partial charge >= 0.3 is 5.97 Å². The Hall–Kier alpha value is -2.73. The van der Waals surface area contributed by atoms with E-state index in [0.29, 0.717) is 13.0 Å². The number of carbonyl (C=O) groups is 1. The molecule has 0 fully saturated rings. The Bertz CT molecular complexity index is 882. The number of hydrogen-bond acceptors (Lipinski definition) is 3. The summed E-state index contributed by atoms with van der Waals surface area (Å²) in [5, 5.41) is 0. The van der Waals surface area contributed by atoms with Gasteiger partial charge in [0.2, 0.25) is 0 Å². The Kier molecular flexibility index (Phi) is 6.41. The molecule has 2 aromatic rings. The molecule has 0 unspecified atom stereocenters. The first kappa shape index (κ1) is 20.0. The Morgan fingerprint density at radius 3 is 2.57 bits per heavy atom. The van der Waals surface area contributed by atoms with E-state index in [1.54, 1.807) is 0 Å². The fourth-order valence-electron chi connectivity index (χ4n) is 3.38. The third kappa shape index (κ3) is 5.16. The van der Waals surface area contributed by atoms with Gasteiger partial charge in [-0.15, -0.1) is 0 Å². The summed E-state index contributed by atoms with van der Waals surface area (Å²) in [6.45, 7) is 7.56. The Morgan fingerprint density at radius 2 is 1.82 bits per heavy atom. The van der Waals surface area contributed by atoms with E-state index in [9.17, 15) is 4.79 Å². The highest BCUT2D eigenvalue weighted by molar-refractivity contribution is 5.69. The lowest BCUT2D eigenvalue weighted by Gasteiger charge is -2.32. The van der Waals surface area contributed by atoms with Crippen molar-refractivity contribution in [1.82, 2.24) is 0 Å². The number of hydrogen-bond donors (Lipinski definition) is 0. The SMILES string of the molecule is CCOC(=O)CCCc1ccc(C#Cc2ccc3c(c2)C(C)(C)CCO3)cc1. The Balaban J connectivity index is 1.63. The molecule has 28 heavy (non-hydrogen) atoms. The summed E-state index contributed by atoms with van der Waals surface area (Å²) in [5.41, 5.74) is 4.57. The zero-order valence-electron chi connectivity index (χ0n) is 17.0. The van der Waals surface area contributed by atoms with E-state index < -0.39 is 0 Å². The van der Waals surface area contributed by atoms with Crippen molar-refractivity contribution in [2.75, 3.05) is 13.2 Å². The molecule has 2 aromatic carbocycles. The van der Waals surface area contributed by atoms with Crippen molar-refractivity contribution in [1.29, 1.82) is 0 Å². The van der Waals surface area contributed by atoms with E-state index in [1.807, 2.05) is 31.2 Å². The summed E-state index contributed by atoms with van der Waals surface area (Å²) < 4.78 is 10.7. The molecular formula is C25H28O3. The molecule has 1 heterocycles. The maximum absolute atomic E-state index is 11.4. The standard InChI is InChI=1S/C25H28O3/c1-4-27-24(26)7-5-6-19-8-10-20(11-9-19)12-13-21-14-15-23-22(18-21)25(2,3)16-17-28-23/h8-11,14-15,18H,4-7,16-17H2,1-3H3. The molecule has 0 aliphatic carbocycles.